The van der Waals surface area contributed by atoms with E-state index in [2.05, 4.69) is 5.32 Å². The van der Waals surface area contributed by atoms with Gasteiger partial charge in [0.05, 0.1) is 6.61 Å². The molecule has 0 radical (unpaired) electrons. The lowest BCUT2D eigenvalue weighted by Crippen LogP contribution is -2.40. The largest absolute Gasteiger partial charge is 0.395 e. The van der Waals surface area contributed by atoms with Crippen molar-refractivity contribution >= 4 is 6.03 Å². The summed E-state index contributed by atoms with van der Waals surface area (Å²) < 4.78 is 13.1. The Labute approximate surface area is 94.2 Å². The van der Waals surface area contributed by atoms with Crippen molar-refractivity contribution in [2.45, 2.75) is 18.6 Å². The van der Waals surface area contributed by atoms with E-state index < -0.39 is 6.17 Å². The Balaban J connectivity index is 1.78. The monoisotopic (exact) mass is 231 g/mol. The number of aliphatic hydroxyl groups excluding tert-OH is 1. The first-order valence-corrected chi connectivity index (χ1v) is 5.72. The first kappa shape index (κ1) is 11.6. The molecule has 2 fully saturated rings. The molecule has 6 heteroatoms. The molecule has 0 aromatic rings. The molecular formula is C10H18FN3O2. The van der Waals surface area contributed by atoms with Gasteiger partial charge in [-0.25, -0.2) is 9.18 Å². The van der Waals surface area contributed by atoms with Gasteiger partial charge in [0, 0.05) is 38.8 Å². The third-order valence-electron chi connectivity index (χ3n) is 3.29. The molecule has 2 saturated heterocycles. The molecule has 2 heterocycles. The number of carbonyl (C=O) groups is 1. The van der Waals surface area contributed by atoms with E-state index in [9.17, 15) is 9.18 Å². The van der Waals surface area contributed by atoms with Gasteiger partial charge in [-0.1, -0.05) is 0 Å². The number of hydrogen-bond donors (Lipinski definition) is 2. The SMILES string of the molecule is O=C1NCCN1CCN1CC(F)CC1CO. The van der Waals surface area contributed by atoms with Crippen LogP contribution in [0.2, 0.25) is 0 Å². The minimum Gasteiger partial charge on any atom is -0.395 e. The second-order valence-corrected chi connectivity index (χ2v) is 4.38. The van der Waals surface area contributed by atoms with E-state index in [-0.39, 0.29) is 18.7 Å². The topological polar surface area (TPSA) is 55.8 Å². The van der Waals surface area contributed by atoms with Gasteiger partial charge in [-0.15, -0.1) is 0 Å². The molecule has 0 saturated carbocycles. The minimum atomic E-state index is -0.843. The number of amides is 2. The molecule has 0 aromatic heterocycles. The number of carbonyl (C=O) groups excluding carboxylic acids is 1. The fraction of sp³-hybridized carbons (Fsp3) is 0.900. The smallest absolute Gasteiger partial charge is 0.317 e. The van der Waals surface area contributed by atoms with Gasteiger partial charge in [0.1, 0.15) is 6.17 Å². The number of halogens is 1. The van der Waals surface area contributed by atoms with Crippen molar-refractivity contribution in [2.75, 3.05) is 39.3 Å². The highest BCUT2D eigenvalue weighted by molar-refractivity contribution is 5.76. The van der Waals surface area contributed by atoms with Crippen molar-refractivity contribution in [2.24, 2.45) is 0 Å². The zero-order valence-corrected chi connectivity index (χ0v) is 9.23. The molecule has 0 aromatic carbocycles. The van der Waals surface area contributed by atoms with E-state index >= 15 is 0 Å². The van der Waals surface area contributed by atoms with E-state index in [1.807, 2.05) is 4.90 Å². The van der Waals surface area contributed by atoms with E-state index in [4.69, 9.17) is 5.11 Å². The van der Waals surface area contributed by atoms with Crippen LogP contribution in [-0.2, 0) is 0 Å². The lowest BCUT2D eigenvalue weighted by Gasteiger charge is -2.24. The average molecular weight is 231 g/mol. The van der Waals surface area contributed by atoms with Crippen molar-refractivity contribution < 1.29 is 14.3 Å². The molecule has 0 aliphatic carbocycles. The Morgan fingerprint density at radius 3 is 2.94 bits per heavy atom. The number of hydrogen-bond acceptors (Lipinski definition) is 3. The molecule has 92 valence electrons. The van der Waals surface area contributed by atoms with Crippen molar-refractivity contribution in [1.82, 2.24) is 15.1 Å². The van der Waals surface area contributed by atoms with E-state index in [1.165, 1.54) is 0 Å². The number of nitrogens with zero attached hydrogens (tertiary/aromatic N) is 2. The molecule has 2 rings (SSSR count). The quantitative estimate of drug-likeness (QED) is 0.680. The number of aliphatic hydroxyl groups is 1. The van der Waals surface area contributed by atoms with Gasteiger partial charge in [-0.2, -0.15) is 0 Å². The van der Waals surface area contributed by atoms with Gasteiger partial charge in [-0.05, 0) is 6.42 Å². The summed E-state index contributed by atoms with van der Waals surface area (Å²) in [6.07, 6.45) is -0.438. The Kier molecular flexibility index (Phi) is 3.60. The zero-order chi connectivity index (χ0) is 11.5. The lowest BCUT2D eigenvalue weighted by atomic mass is 10.2. The summed E-state index contributed by atoms with van der Waals surface area (Å²) in [6.45, 7) is 3.02. The standard InChI is InChI=1S/C10H18FN3O2/c11-8-5-9(7-15)14(6-8)4-3-13-2-1-12-10(13)16/h8-9,15H,1-7H2,(H,12,16). The van der Waals surface area contributed by atoms with Crippen LogP contribution in [0.25, 0.3) is 0 Å². The predicted molar refractivity (Wildman–Crippen MR) is 56.9 cm³/mol. The van der Waals surface area contributed by atoms with E-state index in [0.29, 0.717) is 32.6 Å². The van der Waals surface area contributed by atoms with Gasteiger partial charge >= 0.3 is 6.03 Å². The molecule has 2 aliphatic rings. The second-order valence-electron chi connectivity index (χ2n) is 4.38. The van der Waals surface area contributed by atoms with Crippen molar-refractivity contribution in [3.8, 4) is 0 Å². The molecule has 0 spiro atoms. The molecular weight excluding hydrogens is 213 g/mol. The van der Waals surface area contributed by atoms with E-state index in [1.54, 1.807) is 4.90 Å². The van der Waals surface area contributed by atoms with Crippen molar-refractivity contribution in [3.63, 3.8) is 0 Å². The Morgan fingerprint density at radius 2 is 2.31 bits per heavy atom. The van der Waals surface area contributed by atoms with Crippen LogP contribution in [0.4, 0.5) is 9.18 Å². The van der Waals surface area contributed by atoms with Gasteiger partial charge in [0.15, 0.2) is 0 Å². The maximum Gasteiger partial charge on any atom is 0.317 e. The summed E-state index contributed by atoms with van der Waals surface area (Å²) in [5.74, 6) is 0. The van der Waals surface area contributed by atoms with Crippen LogP contribution in [0.15, 0.2) is 0 Å². The van der Waals surface area contributed by atoms with Crippen LogP contribution >= 0.6 is 0 Å². The molecule has 2 N–H and O–H groups in total. The summed E-state index contributed by atoms with van der Waals surface area (Å²) in [4.78, 5) is 14.9. The van der Waals surface area contributed by atoms with Gasteiger partial charge in [0.2, 0.25) is 0 Å². The highest BCUT2D eigenvalue weighted by atomic mass is 19.1. The summed E-state index contributed by atoms with van der Waals surface area (Å²) in [5.41, 5.74) is 0. The van der Waals surface area contributed by atoms with Crippen LogP contribution in [0, 0.1) is 0 Å². The van der Waals surface area contributed by atoms with Crippen LogP contribution < -0.4 is 5.32 Å². The summed E-state index contributed by atoms with van der Waals surface area (Å²) in [5, 5.41) is 11.8. The average Bonchev–Trinajstić information content (AvgIpc) is 2.81. The van der Waals surface area contributed by atoms with Crippen LogP contribution in [0.5, 0.6) is 0 Å². The first-order chi connectivity index (χ1) is 7.70. The Bertz CT molecular complexity index is 264. The fourth-order valence-electron chi connectivity index (χ4n) is 2.36. The molecule has 2 amide bonds. The highest BCUT2D eigenvalue weighted by Crippen LogP contribution is 2.19. The third kappa shape index (κ3) is 2.44. The van der Waals surface area contributed by atoms with Crippen LogP contribution in [0.3, 0.4) is 0 Å². The predicted octanol–water partition coefficient (Wildman–Crippen LogP) is -0.584. The van der Waals surface area contributed by atoms with Gasteiger partial charge < -0.3 is 15.3 Å². The second kappa shape index (κ2) is 4.97. The summed E-state index contributed by atoms with van der Waals surface area (Å²) in [6, 6.07) is -0.128. The molecule has 2 unspecified atom stereocenters. The van der Waals surface area contributed by atoms with Gasteiger partial charge in [0.25, 0.3) is 0 Å². The maximum absolute atomic E-state index is 13.1. The molecule has 5 nitrogen and oxygen atoms in total. The lowest BCUT2D eigenvalue weighted by molar-refractivity contribution is 0.147. The number of nitrogens with one attached hydrogen (secondary N) is 1. The van der Waals surface area contributed by atoms with Gasteiger partial charge in [-0.3, -0.25) is 4.90 Å². The molecule has 16 heavy (non-hydrogen) atoms. The third-order valence-corrected chi connectivity index (χ3v) is 3.29. The molecule has 2 aliphatic heterocycles. The Morgan fingerprint density at radius 1 is 1.50 bits per heavy atom. The number of urea groups is 1. The minimum absolute atomic E-state index is 0.00732. The van der Waals surface area contributed by atoms with Crippen molar-refractivity contribution in [1.29, 1.82) is 0 Å². The van der Waals surface area contributed by atoms with Crippen molar-refractivity contribution in [3.05, 3.63) is 0 Å². The van der Waals surface area contributed by atoms with E-state index in [0.717, 1.165) is 6.54 Å². The fourth-order valence-corrected chi connectivity index (χ4v) is 2.36. The highest BCUT2D eigenvalue weighted by Gasteiger charge is 2.32. The maximum atomic E-state index is 13.1. The Hall–Kier alpha value is -0.880. The zero-order valence-electron chi connectivity index (χ0n) is 9.23. The number of likely N-dealkylation sites (tertiary alicyclic amines) is 1. The normalized spacial score (nSPS) is 31.1. The summed E-state index contributed by atoms with van der Waals surface area (Å²) in [7, 11) is 0. The van der Waals surface area contributed by atoms with Crippen LogP contribution in [-0.4, -0.2) is 72.5 Å². The molecule has 2 atom stereocenters. The summed E-state index contributed by atoms with van der Waals surface area (Å²) >= 11 is 0. The first-order valence-electron chi connectivity index (χ1n) is 5.72. The number of rotatable bonds is 4. The number of alkyl halides is 1. The molecule has 0 bridgehead atoms. The van der Waals surface area contributed by atoms with Crippen LogP contribution in [0.1, 0.15) is 6.42 Å².